The number of thiazole rings is 1. The first-order valence-corrected chi connectivity index (χ1v) is 9.20. The minimum Gasteiger partial charge on any atom is -0.317 e. The standard InChI is InChI=1S/C16H28N4OS/c1-4-10-19(15-6-8-17-9-7-15)11-14-12-22-16(18-14)20(5-2)13(3)21/h12,15,17H,4-11H2,1-3H3. The molecule has 1 aliphatic rings. The zero-order valence-corrected chi connectivity index (χ0v) is 14.8. The van der Waals surface area contributed by atoms with Crippen LogP contribution in [0.15, 0.2) is 5.38 Å². The Morgan fingerprint density at radius 2 is 2.14 bits per heavy atom. The molecule has 1 saturated heterocycles. The topological polar surface area (TPSA) is 48.5 Å². The molecule has 0 aliphatic carbocycles. The van der Waals surface area contributed by atoms with Crippen LogP contribution in [-0.4, -0.2) is 48.0 Å². The molecule has 0 aromatic carbocycles. The molecule has 0 saturated carbocycles. The predicted octanol–water partition coefficient (Wildman–Crippen LogP) is 2.48. The third-order valence-electron chi connectivity index (χ3n) is 4.17. The van der Waals surface area contributed by atoms with Gasteiger partial charge in [0.15, 0.2) is 5.13 Å². The Kier molecular flexibility index (Phi) is 6.79. The maximum atomic E-state index is 11.6. The second-order valence-electron chi connectivity index (χ2n) is 5.84. The molecule has 6 heteroatoms. The summed E-state index contributed by atoms with van der Waals surface area (Å²) in [5, 5.41) is 6.36. The zero-order valence-electron chi connectivity index (χ0n) is 14.0. The van der Waals surface area contributed by atoms with Crippen molar-refractivity contribution in [2.24, 2.45) is 0 Å². The highest BCUT2D eigenvalue weighted by Gasteiger charge is 2.22. The van der Waals surface area contributed by atoms with Crippen molar-refractivity contribution < 1.29 is 4.79 Å². The van der Waals surface area contributed by atoms with Gasteiger partial charge >= 0.3 is 0 Å². The molecule has 2 rings (SSSR count). The van der Waals surface area contributed by atoms with E-state index in [2.05, 4.69) is 27.5 Å². The minimum absolute atomic E-state index is 0.0622. The van der Waals surface area contributed by atoms with Gasteiger partial charge in [0.05, 0.1) is 5.69 Å². The first-order chi connectivity index (χ1) is 10.7. The molecule has 2 heterocycles. The highest BCUT2D eigenvalue weighted by Crippen LogP contribution is 2.23. The Morgan fingerprint density at radius 1 is 1.41 bits per heavy atom. The quantitative estimate of drug-likeness (QED) is 0.837. The van der Waals surface area contributed by atoms with Crippen LogP contribution in [0.2, 0.25) is 0 Å². The first kappa shape index (κ1) is 17.4. The fraction of sp³-hybridized carbons (Fsp3) is 0.750. The number of hydrogen-bond acceptors (Lipinski definition) is 5. The lowest BCUT2D eigenvalue weighted by Crippen LogP contribution is -2.43. The van der Waals surface area contributed by atoms with Gasteiger partial charge in [-0.3, -0.25) is 14.6 Å². The number of piperidine rings is 1. The maximum absolute atomic E-state index is 11.6. The SMILES string of the molecule is CCCN(Cc1csc(N(CC)C(C)=O)n1)C1CCNCC1. The summed E-state index contributed by atoms with van der Waals surface area (Å²) in [6.07, 6.45) is 3.59. The van der Waals surface area contributed by atoms with E-state index in [1.165, 1.54) is 12.8 Å². The van der Waals surface area contributed by atoms with Gasteiger partial charge in [-0.25, -0.2) is 4.98 Å². The molecular formula is C16H28N4OS. The summed E-state index contributed by atoms with van der Waals surface area (Å²) in [6, 6.07) is 0.654. The number of carbonyl (C=O) groups excluding carboxylic acids is 1. The smallest absolute Gasteiger partial charge is 0.225 e. The van der Waals surface area contributed by atoms with E-state index in [9.17, 15) is 4.79 Å². The molecule has 1 aromatic rings. The second-order valence-corrected chi connectivity index (χ2v) is 6.67. The van der Waals surface area contributed by atoms with E-state index in [1.54, 1.807) is 23.2 Å². The van der Waals surface area contributed by atoms with Crippen molar-refractivity contribution >= 4 is 22.4 Å². The molecule has 0 spiro atoms. The van der Waals surface area contributed by atoms with E-state index >= 15 is 0 Å². The minimum atomic E-state index is 0.0622. The van der Waals surface area contributed by atoms with Gasteiger partial charge in [-0.05, 0) is 45.8 Å². The molecule has 0 unspecified atom stereocenters. The molecule has 0 bridgehead atoms. The summed E-state index contributed by atoms with van der Waals surface area (Å²) >= 11 is 1.57. The largest absolute Gasteiger partial charge is 0.317 e. The average molecular weight is 324 g/mol. The van der Waals surface area contributed by atoms with Crippen molar-refractivity contribution in [3.63, 3.8) is 0 Å². The lowest BCUT2D eigenvalue weighted by atomic mass is 10.0. The van der Waals surface area contributed by atoms with Gasteiger partial charge in [-0.2, -0.15) is 0 Å². The van der Waals surface area contributed by atoms with E-state index in [0.29, 0.717) is 12.6 Å². The number of aromatic nitrogens is 1. The Morgan fingerprint density at radius 3 is 2.73 bits per heavy atom. The summed E-state index contributed by atoms with van der Waals surface area (Å²) < 4.78 is 0. The van der Waals surface area contributed by atoms with Gasteiger partial charge in [-0.15, -0.1) is 11.3 Å². The highest BCUT2D eigenvalue weighted by atomic mass is 32.1. The molecule has 0 atom stereocenters. The van der Waals surface area contributed by atoms with Gasteiger partial charge in [0.25, 0.3) is 0 Å². The fourth-order valence-electron chi connectivity index (χ4n) is 3.04. The van der Waals surface area contributed by atoms with Crippen LogP contribution in [0.1, 0.15) is 45.7 Å². The number of carbonyl (C=O) groups is 1. The number of nitrogens with one attached hydrogen (secondary N) is 1. The molecule has 124 valence electrons. The van der Waals surface area contributed by atoms with Crippen molar-refractivity contribution in [2.45, 2.75) is 52.6 Å². The number of nitrogens with zero attached hydrogens (tertiary/aromatic N) is 3. The number of hydrogen-bond donors (Lipinski definition) is 1. The first-order valence-electron chi connectivity index (χ1n) is 8.33. The molecule has 1 aromatic heterocycles. The summed E-state index contributed by atoms with van der Waals surface area (Å²) in [5.74, 6) is 0.0622. The van der Waals surface area contributed by atoms with Crippen LogP contribution in [0.25, 0.3) is 0 Å². The summed E-state index contributed by atoms with van der Waals surface area (Å²) in [6.45, 7) is 10.7. The number of rotatable bonds is 7. The van der Waals surface area contributed by atoms with E-state index in [-0.39, 0.29) is 5.91 Å². The lowest BCUT2D eigenvalue weighted by Gasteiger charge is -2.34. The highest BCUT2D eigenvalue weighted by molar-refractivity contribution is 7.14. The molecule has 5 nitrogen and oxygen atoms in total. The average Bonchev–Trinajstić information content (AvgIpc) is 2.96. The second kappa shape index (κ2) is 8.60. The molecule has 1 fully saturated rings. The molecule has 1 aliphatic heterocycles. The Labute approximate surface area is 137 Å². The summed E-state index contributed by atoms with van der Waals surface area (Å²) in [7, 11) is 0. The van der Waals surface area contributed by atoms with E-state index in [4.69, 9.17) is 0 Å². The molecule has 1 N–H and O–H groups in total. The predicted molar refractivity (Wildman–Crippen MR) is 92.4 cm³/mol. The Balaban J connectivity index is 2.03. The third kappa shape index (κ3) is 4.51. The van der Waals surface area contributed by atoms with Crippen LogP contribution in [-0.2, 0) is 11.3 Å². The van der Waals surface area contributed by atoms with Crippen LogP contribution in [0.4, 0.5) is 5.13 Å². The van der Waals surface area contributed by atoms with Crippen molar-refractivity contribution in [2.75, 3.05) is 31.1 Å². The van der Waals surface area contributed by atoms with Gasteiger partial charge in [0.1, 0.15) is 0 Å². The zero-order chi connectivity index (χ0) is 15.9. The van der Waals surface area contributed by atoms with E-state index in [1.807, 2.05) is 6.92 Å². The normalized spacial score (nSPS) is 16.2. The van der Waals surface area contributed by atoms with Crippen LogP contribution < -0.4 is 10.2 Å². The van der Waals surface area contributed by atoms with Crippen LogP contribution in [0.5, 0.6) is 0 Å². The van der Waals surface area contributed by atoms with Gasteiger partial charge < -0.3 is 5.32 Å². The Bertz CT molecular complexity index is 470. The summed E-state index contributed by atoms with van der Waals surface area (Å²) in [4.78, 5) is 20.6. The van der Waals surface area contributed by atoms with Gasteiger partial charge in [0, 0.05) is 31.4 Å². The maximum Gasteiger partial charge on any atom is 0.225 e. The van der Waals surface area contributed by atoms with Crippen molar-refractivity contribution in [1.82, 2.24) is 15.2 Å². The van der Waals surface area contributed by atoms with E-state index in [0.717, 1.165) is 43.4 Å². The number of amides is 1. The van der Waals surface area contributed by atoms with Gasteiger partial charge in [0.2, 0.25) is 5.91 Å². The van der Waals surface area contributed by atoms with Gasteiger partial charge in [-0.1, -0.05) is 6.92 Å². The van der Waals surface area contributed by atoms with E-state index < -0.39 is 0 Å². The van der Waals surface area contributed by atoms with Crippen LogP contribution in [0, 0.1) is 0 Å². The number of anilines is 1. The summed E-state index contributed by atoms with van der Waals surface area (Å²) in [5.41, 5.74) is 1.09. The fourth-order valence-corrected chi connectivity index (χ4v) is 3.97. The van der Waals surface area contributed by atoms with Crippen LogP contribution in [0.3, 0.4) is 0 Å². The molecule has 1 amide bonds. The molecule has 22 heavy (non-hydrogen) atoms. The van der Waals surface area contributed by atoms with Crippen molar-refractivity contribution in [3.8, 4) is 0 Å². The van der Waals surface area contributed by atoms with Crippen LogP contribution >= 0.6 is 11.3 Å². The van der Waals surface area contributed by atoms with Crippen molar-refractivity contribution in [3.05, 3.63) is 11.1 Å². The third-order valence-corrected chi connectivity index (χ3v) is 5.08. The van der Waals surface area contributed by atoms with Crippen molar-refractivity contribution in [1.29, 1.82) is 0 Å². The Hall–Kier alpha value is -0.980. The monoisotopic (exact) mass is 324 g/mol. The molecular weight excluding hydrogens is 296 g/mol. The molecule has 0 radical (unpaired) electrons. The lowest BCUT2D eigenvalue weighted by molar-refractivity contribution is -0.116.